The van der Waals surface area contributed by atoms with Gasteiger partial charge >= 0.3 is 12.1 Å². The Hall–Kier alpha value is -3.99. The van der Waals surface area contributed by atoms with E-state index in [0.29, 0.717) is 16.8 Å². The van der Waals surface area contributed by atoms with E-state index >= 15 is 0 Å². The summed E-state index contributed by atoms with van der Waals surface area (Å²) in [5, 5.41) is 16.0. The van der Waals surface area contributed by atoms with Gasteiger partial charge in [0.05, 0.1) is 10.9 Å². The van der Waals surface area contributed by atoms with Crippen molar-refractivity contribution >= 4 is 29.2 Å². The van der Waals surface area contributed by atoms with Crippen molar-refractivity contribution in [3.05, 3.63) is 83.0 Å². The number of nitrogens with one attached hydrogen (secondary N) is 1. The number of aliphatic carboxylic acids is 1. The van der Waals surface area contributed by atoms with Gasteiger partial charge in [-0.05, 0) is 40.8 Å². The molecule has 0 radical (unpaired) electrons. The Morgan fingerprint density at radius 2 is 1.92 bits per heavy atom. The Balaban J connectivity index is 1.58. The average Bonchev–Trinajstić information content (AvgIpc) is 3.17. The number of aromatic nitrogens is 4. The number of carboxylic acid groups (broad SMARTS) is 1. The van der Waals surface area contributed by atoms with Crippen LogP contribution in [0.1, 0.15) is 31.0 Å². The lowest BCUT2D eigenvalue weighted by Gasteiger charge is -2.13. The molecule has 2 aromatic heterocycles. The van der Waals surface area contributed by atoms with Crippen molar-refractivity contribution < 1.29 is 27.5 Å². The van der Waals surface area contributed by atoms with Crippen LogP contribution in [0.15, 0.2) is 60.9 Å². The minimum absolute atomic E-state index is 0.0147. The number of hydrogen-bond acceptors (Lipinski definition) is 5. The lowest BCUT2D eigenvalue weighted by atomic mass is 9.99. The quantitative estimate of drug-likeness (QED) is 0.262. The molecule has 1 unspecified atom stereocenters. The molecule has 0 saturated heterocycles. The molecule has 0 bridgehead atoms. The van der Waals surface area contributed by atoms with Gasteiger partial charge in [0.2, 0.25) is 5.95 Å². The first-order chi connectivity index (χ1) is 17.9. The zero-order valence-corrected chi connectivity index (χ0v) is 20.7. The van der Waals surface area contributed by atoms with E-state index in [4.69, 9.17) is 11.6 Å². The number of nitrogens with zero attached hydrogens (tertiary/aromatic N) is 4. The van der Waals surface area contributed by atoms with Gasteiger partial charge in [-0.3, -0.25) is 4.79 Å². The fraction of sp³-hybridized carbons (Fsp3) is 0.231. The topological polar surface area (TPSA) is 92.9 Å². The fourth-order valence-corrected chi connectivity index (χ4v) is 4.91. The molecule has 2 heterocycles. The first-order valence-electron chi connectivity index (χ1n) is 11.4. The maximum atomic E-state index is 13.5. The van der Waals surface area contributed by atoms with Crippen LogP contribution in [0.3, 0.4) is 0 Å². The highest BCUT2D eigenvalue weighted by Gasteiger charge is 2.62. The molecule has 0 spiro atoms. The Morgan fingerprint density at radius 3 is 2.55 bits per heavy atom. The third kappa shape index (κ3) is 4.69. The second kappa shape index (κ2) is 9.09. The molecular weight excluding hydrogens is 526 g/mol. The molecule has 1 saturated carbocycles. The van der Waals surface area contributed by atoms with Gasteiger partial charge < -0.3 is 10.4 Å². The van der Waals surface area contributed by atoms with Gasteiger partial charge in [-0.15, -0.1) is 0 Å². The maximum Gasteiger partial charge on any atom is 0.435 e. The smallest absolute Gasteiger partial charge is 0.435 e. The lowest BCUT2D eigenvalue weighted by Crippen LogP contribution is -2.10. The largest absolute Gasteiger partial charge is 0.481 e. The van der Waals surface area contributed by atoms with Gasteiger partial charge in [-0.25, -0.2) is 14.1 Å². The lowest BCUT2D eigenvalue weighted by molar-refractivity contribution is -0.141. The predicted molar refractivity (Wildman–Crippen MR) is 132 cm³/mol. The van der Waals surface area contributed by atoms with Gasteiger partial charge in [0.15, 0.2) is 11.5 Å². The van der Waals surface area contributed by atoms with Crippen molar-refractivity contribution in [1.29, 1.82) is 0 Å². The van der Waals surface area contributed by atoms with E-state index in [1.807, 2.05) is 19.9 Å². The number of rotatable bonds is 6. The van der Waals surface area contributed by atoms with Crippen molar-refractivity contribution in [2.24, 2.45) is 11.3 Å². The van der Waals surface area contributed by atoms with E-state index < -0.39 is 35.0 Å². The van der Waals surface area contributed by atoms with Crippen molar-refractivity contribution in [2.75, 3.05) is 5.32 Å². The molecule has 12 heteroatoms. The van der Waals surface area contributed by atoms with Crippen LogP contribution in [0.2, 0.25) is 5.02 Å². The molecule has 2 atom stereocenters. The molecule has 2 N–H and O–H groups in total. The second-order valence-corrected chi connectivity index (χ2v) is 9.98. The molecule has 2 aromatic carbocycles. The van der Waals surface area contributed by atoms with Crippen LogP contribution in [0.5, 0.6) is 0 Å². The van der Waals surface area contributed by atoms with Crippen LogP contribution >= 0.6 is 11.6 Å². The number of halogens is 5. The summed E-state index contributed by atoms with van der Waals surface area (Å²) in [6.45, 7) is 3.75. The predicted octanol–water partition coefficient (Wildman–Crippen LogP) is 6.71. The molecular formula is C26H20ClF4N5O2. The van der Waals surface area contributed by atoms with E-state index in [2.05, 4.69) is 20.4 Å². The second-order valence-electron chi connectivity index (χ2n) is 9.57. The number of carbonyl (C=O) groups is 1. The Bertz CT molecular complexity index is 1550. The molecule has 1 fully saturated rings. The van der Waals surface area contributed by atoms with Crippen LogP contribution in [0.25, 0.3) is 16.9 Å². The molecule has 5 rings (SSSR count). The maximum absolute atomic E-state index is 13.5. The van der Waals surface area contributed by atoms with E-state index in [1.165, 1.54) is 18.3 Å². The highest BCUT2D eigenvalue weighted by molar-refractivity contribution is 6.31. The van der Waals surface area contributed by atoms with E-state index in [9.17, 15) is 27.5 Å². The first kappa shape index (κ1) is 25.7. The summed E-state index contributed by atoms with van der Waals surface area (Å²) in [6, 6.07) is 11.8. The summed E-state index contributed by atoms with van der Waals surface area (Å²) in [5.41, 5.74) is 0.549. The highest BCUT2D eigenvalue weighted by atomic mass is 35.5. The monoisotopic (exact) mass is 545 g/mol. The standard InChI is InChI=1S/C26H20ClF4N5O2/c1-25(2)20(21(25)23(37)38)14-5-3-4-13(10-14)16-12-32-24(33-15-6-7-18(28)17(27)11-15)34-22(16)36-9-8-19(35-36)26(29,30)31/h3-12,20-21H,1-2H3,(H,37,38)(H,32,33,34)/t20-,21?/m0/s1. The third-order valence-electron chi connectivity index (χ3n) is 6.69. The molecule has 38 heavy (non-hydrogen) atoms. The molecule has 4 aromatic rings. The number of anilines is 2. The van der Waals surface area contributed by atoms with Crippen molar-refractivity contribution in [2.45, 2.75) is 25.9 Å². The van der Waals surface area contributed by atoms with Crippen LogP contribution in [0, 0.1) is 17.2 Å². The van der Waals surface area contributed by atoms with Crippen LogP contribution in [0.4, 0.5) is 29.2 Å². The third-order valence-corrected chi connectivity index (χ3v) is 6.98. The molecule has 0 amide bonds. The average molecular weight is 546 g/mol. The zero-order chi connectivity index (χ0) is 27.4. The van der Waals surface area contributed by atoms with Gasteiger partial charge in [-0.2, -0.15) is 23.3 Å². The van der Waals surface area contributed by atoms with Crippen molar-refractivity contribution in [3.63, 3.8) is 0 Å². The zero-order valence-electron chi connectivity index (χ0n) is 20.0. The van der Waals surface area contributed by atoms with Crippen molar-refractivity contribution in [1.82, 2.24) is 19.7 Å². The Morgan fingerprint density at radius 1 is 1.16 bits per heavy atom. The molecule has 196 valence electrons. The van der Waals surface area contributed by atoms with Crippen LogP contribution in [-0.2, 0) is 11.0 Å². The van der Waals surface area contributed by atoms with E-state index in [-0.39, 0.29) is 22.7 Å². The SMILES string of the molecule is CC1(C)C(C(=O)O)[C@@H]1c1cccc(-c2cnc(Nc3ccc(F)c(Cl)c3)nc2-n2ccc(C(F)(F)F)n2)c1. The molecule has 1 aliphatic carbocycles. The van der Waals surface area contributed by atoms with E-state index in [0.717, 1.165) is 28.6 Å². The Kier molecular flexibility index (Phi) is 6.13. The van der Waals surface area contributed by atoms with E-state index in [1.54, 1.807) is 18.2 Å². The summed E-state index contributed by atoms with van der Waals surface area (Å²) in [4.78, 5) is 20.4. The molecule has 0 aliphatic heterocycles. The summed E-state index contributed by atoms with van der Waals surface area (Å²) in [6.07, 6.45) is -2.09. The number of alkyl halides is 3. The Labute approximate surface area is 219 Å². The summed E-state index contributed by atoms with van der Waals surface area (Å²) in [7, 11) is 0. The summed E-state index contributed by atoms with van der Waals surface area (Å²) >= 11 is 5.84. The van der Waals surface area contributed by atoms with Crippen LogP contribution in [-0.4, -0.2) is 30.8 Å². The normalized spacial score (nSPS) is 18.3. The first-order valence-corrected chi connectivity index (χ1v) is 11.8. The highest BCUT2D eigenvalue weighted by Crippen LogP contribution is 2.64. The molecule has 7 nitrogen and oxygen atoms in total. The summed E-state index contributed by atoms with van der Waals surface area (Å²) < 4.78 is 54.4. The van der Waals surface area contributed by atoms with Crippen molar-refractivity contribution in [3.8, 4) is 16.9 Å². The molecule has 1 aliphatic rings. The van der Waals surface area contributed by atoms with Crippen LogP contribution < -0.4 is 5.32 Å². The minimum atomic E-state index is -4.66. The number of carboxylic acids is 1. The summed E-state index contributed by atoms with van der Waals surface area (Å²) in [5.74, 6) is -2.22. The van der Waals surface area contributed by atoms with Gasteiger partial charge in [0.25, 0.3) is 0 Å². The number of benzene rings is 2. The van der Waals surface area contributed by atoms with Gasteiger partial charge in [-0.1, -0.05) is 49.7 Å². The number of hydrogen-bond donors (Lipinski definition) is 2. The fourth-order valence-electron chi connectivity index (χ4n) is 4.73. The van der Waals surface area contributed by atoms with Gasteiger partial charge in [0, 0.05) is 29.6 Å². The minimum Gasteiger partial charge on any atom is -0.481 e. The van der Waals surface area contributed by atoms with Gasteiger partial charge in [0.1, 0.15) is 5.82 Å².